The number of carbonyl (C=O) groups excluding carboxylic acids is 1. The molecule has 0 amide bonds. The van der Waals surface area contributed by atoms with Gasteiger partial charge in [0.1, 0.15) is 11.3 Å². The fourth-order valence-corrected chi connectivity index (χ4v) is 3.45. The maximum atomic E-state index is 13.0. The van der Waals surface area contributed by atoms with Gasteiger partial charge in [0.15, 0.2) is 0 Å². The molecule has 0 aliphatic heterocycles. The molecule has 0 bridgehead atoms. The number of halogens is 1. The minimum Gasteiger partial charge on any atom is -0.367 e. The smallest absolute Gasteiger partial charge is 0.213 e. The predicted octanol–water partition coefficient (Wildman–Crippen LogP) is 3.74. The van der Waals surface area contributed by atoms with E-state index in [9.17, 15) is 4.79 Å². The number of carbonyl (C=O) groups is 1. The average molecular weight is 343 g/mol. The lowest BCUT2D eigenvalue weighted by atomic mass is 9.69. The fourth-order valence-electron chi connectivity index (χ4n) is 2.93. The SMILES string of the molecule is CCOC1(C(=O)c2c(Br)cnn2C)CCC(C)(C)CC1. The Bertz CT molecular complexity index is 478. The van der Waals surface area contributed by atoms with Crippen molar-refractivity contribution in [2.45, 2.75) is 52.1 Å². The van der Waals surface area contributed by atoms with Crippen LogP contribution < -0.4 is 0 Å². The summed E-state index contributed by atoms with van der Waals surface area (Å²) >= 11 is 3.42. The van der Waals surface area contributed by atoms with Gasteiger partial charge < -0.3 is 4.74 Å². The molecule has 1 heterocycles. The van der Waals surface area contributed by atoms with E-state index in [1.165, 1.54) is 0 Å². The number of aromatic nitrogens is 2. The Labute approximate surface area is 129 Å². The van der Waals surface area contributed by atoms with Crippen LogP contribution >= 0.6 is 15.9 Å². The summed E-state index contributed by atoms with van der Waals surface area (Å²) in [5, 5.41) is 4.15. The van der Waals surface area contributed by atoms with Crippen molar-refractivity contribution in [1.82, 2.24) is 9.78 Å². The summed E-state index contributed by atoms with van der Waals surface area (Å²) in [5.41, 5.74) is 0.226. The molecule has 2 rings (SSSR count). The Balaban J connectivity index is 2.32. The third kappa shape index (κ3) is 2.84. The highest BCUT2D eigenvalue weighted by atomic mass is 79.9. The van der Waals surface area contributed by atoms with Crippen molar-refractivity contribution in [3.05, 3.63) is 16.4 Å². The largest absolute Gasteiger partial charge is 0.367 e. The van der Waals surface area contributed by atoms with Crippen LogP contribution in [-0.4, -0.2) is 27.8 Å². The van der Waals surface area contributed by atoms with Crippen LogP contribution in [0.1, 0.15) is 56.9 Å². The van der Waals surface area contributed by atoms with Crippen molar-refractivity contribution in [3.63, 3.8) is 0 Å². The molecule has 0 saturated heterocycles. The summed E-state index contributed by atoms with van der Waals surface area (Å²) in [6.45, 7) is 7.02. The minimum absolute atomic E-state index is 0.0572. The van der Waals surface area contributed by atoms with E-state index in [-0.39, 0.29) is 5.78 Å². The highest BCUT2D eigenvalue weighted by molar-refractivity contribution is 9.10. The van der Waals surface area contributed by atoms with Crippen molar-refractivity contribution in [1.29, 1.82) is 0 Å². The van der Waals surface area contributed by atoms with Crippen LogP contribution in [0.4, 0.5) is 0 Å². The van der Waals surface area contributed by atoms with Crippen LogP contribution in [0, 0.1) is 5.41 Å². The zero-order chi connectivity index (χ0) is 15.0. The van der Waals surface area contributed by atoms with Crippen molar-refractivity contribution in [2.75, 3.05) is 6.61 Å². The molecular weight excluding hydrogens is 320 g/mol. The molecule has 20 heavy (non-hydrogen) atoms. The van der Waals surface area contributed by atoms with Crippen molar-refractivity contribution in [2.24, 2.45) is 12.5 Å². The Morgan fingerprint density at radius 3 is 2.45 bits per heavy atom. The second-order valence-electron chi connectivity index (χ2n) is 6.39. The monoisotopic (exact) mass is 342 g/mol. The molecule has 1 aliphatic carbocycles. The predicted molar refractivity (Wildman–Crippen MR) is 81.8 cm³/mol. The van der Waals surface area contributed by atoms with Crippen LogP contribution in [0.2, 0.25) is 0 Å². The number of hydrogen-bond acceptors (Lipinski definition) is 3. The first kappa shape index (κ1) is 15.7. The van der Waals surface area contributed by atoms with E-state index in [2.05, 4.69) is 34.9 Å². The van der Waals surface area contributed by atoms with Crippen molar-refractivity contribution >= 4 is 21.7 Å². The van der Waals surface area contributed by atoms with Crippen molar-refractivity contribution < 1.29 is 9.53 Å². The molecular formula is C15H23BrN2O2. The maximum absolute atomic E-state index is 13.0. The van der Waals surface area contributed by atoms with Crippen LogP contribution in [0.15, 0.2) is 10.7 Å². The first-order chi connectivity index (χ1) is 9.31. The third-order valence-electron chi connectivity index (χ3n) is 4.35. The first-order valence-corrected chi connectivity index (χ1v) is 7.97. The van der Waals surface area contributed by atoms with Gasteiger partial charge in [-0.25, -0.2) is 0 Å². The summed E-state index contributed by atoms with van der Waals surface area (Å²) in [4.78, 5) is 13.0. The molecule has 0 atom stereocenters. The molecule has 0 aromatic carbocycles. The molecule has 0 spiro atoms. The lowest BCUT2D eigenvalue weighted by Crippen LogP contribution is -2.47. The molecule has 112 valence electrons. The Morgan fingerprint density at radius 1 is 1.40 bits per heavy atom. The standard InChI is InChI=1S/C15H23BrN2O2/c1-5-20-15(8-6-14(2,3)7-9-15)13(19)12-11(16)10-17-18(12)4/h10H,5-9H2,1-4H3. The van der Waals surface area contributed by atoms with E-state index in [0.29, 0.717) is 17.7 Å². The topological polar surface area (TPSA) is 44.1 Å². The maximum Gasteiger partial charge on any atom is 0.213 e. The van der Waals surface area contributed by atoms with Gasteiger partial charge in [-0.1, -0.05) is 13.8 Å². The van der Waals surface area contributed by atoms with Gasteiger partial charge in [-0.15, -0.1) is 0 Å². The highest BCUT2D eigenvalue weighted by Gasteiger charge is 2.46. The Morgan fingerprint density at radius 2 is 2.00 bits per heavy atom. The quantitative estimate of drug-likeness (QED) is 0.783. The van der Waals surface area contributed by atoms with Crippen LogP contribution in [-0.2, 0) is 11.8 Å². The summed E-state index contributed by atoms with van der Waals surface area (Å²) in [6, 6.07) is 0. The molecule has 0 radical (unpaired) electrons. The Hall–Kier alpha value is -0.680. The average Bonchev–Trinajstić information content (AvgIpc) is 2.71. The highest BCUT2D eigenvalue weighted by Crippen LogP contribution is 2.44. The van der Waals surface area contributed by atoms with E-state index in [1.54, 1.807) is 17.9 Å². The van der Waals surface area contributed by atoms with Gasteiger partial charge in [-0.05, 0) is 54.0 Å². The van der Waals surface area contributed by atoms with Crippen LogP contribution in [0.25, 0.3) is 0 Å². The van der Waals surface area contributed by atoms with Gasteiger partial charge in [0.05, 0.1) is 10.7 Å². The number of ether oxygens (including phenoxy) is 1. The van der Waals surface area contributed by atoms with Crippen LogP contribution in [0.5, 0.6) is 0 Å². The van der Waals surface area contributed by atoms with Gasteiger partial charge in [-0.3, -0.25) is 9.48 Å². The van der Waals surface area contributed by atoms with E-state index in [0.717, 1.165) is 30.2 Å². The molecule has 5 heteroatoms. The van der Waals surface area contributed by atoms with Crippen LogP contribution in [0.3, 0.4) is 0 Å². The molecule has 1 aromatic heterocycles. The number of ketones is 1. The molecule has 1 saturated carbocycles. The second kappa shape index (κ2) is 5.60. The summed E-state index contributed by atoms with van der Waals surface area (Å²) < 4.78 is 8.32. The van der Waals surface area contributed by atoms with Gasteiger partial charge in [0.2, 0.25) is 5.78 Å². The molecule has 1 fully saturated rings. The zero-order valence-corrected chi connectivity index (χ0v) is 14.3. The molecule has 1 aliphatic rings. The first-order valence-electron chi connectivity index (χ1n) is 7.17. The molecule has 1 aromatic rings. The van der Waals surface area contributed by atoms with Gasteiger partial charge in [-0.2, -0.15) is 5.10 Å². The molecule has 4 nitrogen and oxygen atoms in total. The van der Waals surface area contributed by atoms with Gasteiger partial charge >= 0.3 is 0 Å². The van der Waals surface area contributed by atoms with Gasteiger partial charge in [0, 0.05) is 13.7 Å². The zero-order valence-electron chi connectivity index (χ0n) is 12.7. The summed E-state index contributed by atoms with van der Waals surface area (Å²) in [5.74, 6) is 0.0572. The lowest BCUT2D eigenvalue weighted by Gasteiger charge is -2.42. The number of Topliss-reactive ketones (excluding diaryl/α,β-unsaturated/α-hetero) is 1. The fraction of sp³-hybridized carbons (Fsp3) is 0.733. The van der Waals surface area contributed by atoms with E-state index in [1.807, 2.05) is 6.92 Å². The second-order valence-corrected chi connectivity index (χ2v) is 7.24. The summed E-state index contributed by atoms with van der Waals surface area (Å²) in [6.07, 6.45) is 5.25. The number of aryl methyl sites for hydroxylation is 1. The normalized spacial score (nSPS) is 20.9. The number of nitrogens with zero attached hydrogens (tertiary/aromatic N) is 2. The molecule has 0 N–H and O–H groups in total. The lowest BCUT2D eigenvalue weighted by molar-refractivity contribution is -0.0585. The van der Waals surface area contributed by atoms with E-state index >= 15 is 0 Å². The summed E-state index contributed by atoms with van der Waals surface area (Å²) in [7, 11) is 1.80. The number of rotatable bonds is 4. The minimum atomic E-state index is -0.680. The van der Waals surface area contributed by atoms with E-state index < -0.39 is 5.60 Å². The third-order valence-corrected chi connectivity index (χ3v) is 4.94. The number of hydrogen-bond donors (Lipinski definition) is 0. The van der Waals surface area contributed by atoms with Crippen molar-refractivity contribution in [3.8, 4) is 0 Å². The van der Waals surface area contributed by atoms with E-state index in [4.69, 9.17) is 4.74 Å². The molecule has 0 unspecified atom stereocenters. The van der Waals surface area contributed by atoms with Gasteiger partial charge in [0.25, 0.3) is 0 Å². The Kier molecular flexibility index (Phi) is 4.40.